The molecule has 5 heterocycles. The van der Waals surface area contributed by atoms with Gasteiger partial charge in [0, 0.05) is 55.8 Å². The number of likely N-dealkylation sites (tertiary alicyclic amines) is 1. The van der Waals surface area contributed by atoms with Gasteiger partial charge in [0.05, 0.1) is 30.7 Å². The van der Waals surface area contributed by atoms with Gasteiger partial charge in [-0.15, -0.1) is 10.2 Å². The number of carbonyl (C=O) groups is 1. The number of aliphatic hydroxyl groups is 1. The molecule has 3 aromatic heterocycles. The fourth-order valence-corrected chi connectivity index (χ4v) is 6.65. The first-order valence-electron chi connectivity index (χ1n) is 15.4. The average Bonchev–Trinajstić information content (AvgIpc) is 3.30. The van der Waals surface area contributed by atoms with Gasteiger partial charge < -0.3 is 15.0 Å². The van der Waals surface area contributed by atoms with Gasteiger partial charge in [0.1, 0.15) is 18.0 Å². The van der Waals surface area contributed by atoms with E-state index in [1.807, 2.05) is 6.07 Å². The number of hydrogen-bond donors (Lipinski definition) is 2. The van der Waals surface area contributed by atoms with Crippen molar-refractivity contribution in [2.45, 2.75) is 51.1 Å². The lowest BCUT2D eigenvalue weighted by atomic mass is 9.98. The van der Waals surface area contributed by atoms with Crippen molar-refractivity contribution in [2.75, 3.05) is 29.9 Å². The first kappa shape index (κ1) is 30.8. The Labute approximate surface area is 268 Å². The Morgan fingerprint density at radius 2 is 1.98 bits per heavy atom. The quantitative estimate of drug-likeness (QED) is 0.264. The van der Waals surface area contributed by atoms with Crippen LogP contribution in [0.1, 0.15) is 52.7 Å². The van der Waals surface area contributed by atoms with Crippen molar-refractivity contribution in [3.8, 4) is 28.6 Å². The number of fused-ring (bicyclic) bond motifs is 1. The van der Waals surface area contributed by atoms with Gasteiger partial charge in [0.25, 0.3) is 5.91 Å². The summed E-state index contributed by atoms with van der Waals surface area (Å²) < 4.78 is 45.2. The van der Waals surface area contributed by atoms with Crippen molar-refractivity contribution in [1.29, 1.82) is 5.26 Å². The number of rotatable bonds is 9. The Bertz CT molecular complexity index is 1900. The smallest absolute Gasteiger partial charge is 0.390 e. The zero-order valence-electron chi connectivity index (χ0n) is 25.6. The number of alkyl halides is 3. The molecule has 47 heavy (non-hydrogen) atoms. The van der Waals surface area contributed by atoms with Crippen LogP contribution in [0.25, 0.3) is 22.5 Å². The lowest BCUT2D eigenvalue weighted by molar-refractivity contribution is -0.138. The second-order valence-electron chi connectivity index (χ2n) is 12.7. The van der Waals surface area contributed by atoms with E-state index >= 15 is 0 Å². The number of nitrogens with zero attached hydrogens (tertiary/aromatic N) is 8. The molecule has 2 fully saturated rings. The third-order valence-electron chi connectivity index (χ3n) is 9.31. The molecule has 0 bridgehead atoms. The number of nitriles is 1. The largest absolute Gasteiger partial charge is 0.416 e. The van der Waals surface area contributed by atoms with E-state index in [1.54, 1.807) is 54.6 Å². The lowest BCUT2D eigenvalue weighted by Gasteiger charge is -2.19. The van der Waals surface area contributed by atoms with Crippen LogP contribution in [0.2, 0.25) is 0 Å². The van der Waals surface area contributed by atoms with Gasteiger partial charge in [-0.3, -0.25) is 19.6 Å². The molecule has 1 saturated heterocycles. The van der Waals surface area contributed by atoms with Crippen molar-refractivity contribution in [1.82, 2.24) is 29.6 Å². The van der Waals surface area contributed by atoms with Crippen molar-refractivity contribution in [3.63, 3.8) is 0 Å². The predicted molar refractivity (Wildman–Crippen MR) is 166 cm³/mol. The van der Waals surface area contributed by atoms with Crippen LogP contribution >= 0.6 is 0 Å². The summed E-state index contributed by atoms with van der Waals surface area (Å²) in [5.41, 5.74) is 1.76. The summed E-state index contributed by atoms with van der Waals surface area (Å²) in [5, 5.41) is 30.4. The van der Waals surface area contributed by atoms with E-state index in [-0.39, 0.29) is 42.3 Å². The maximum atomic E-state index is 14.5. The highest BCUT2D eigenvalue weighted by Gasteiger charge is 2.47. The molecule has 1 aliphatic carbocycles. The predicted octanol–water partition coefficient (Wildman–Crippen LogP) is 4.79. The third kappa shape index (κ3) is 6.04. The fourth-order valence-electron chi connectivity index (χ4n) is 6.65. The summed E-state index contributed by atoms with van der Waals surface area (Å²) >= 11 is 0. The number of anilines is 2. The molecule has 7 rings (SSSR count). The highest BCUT2D eigenvalue weighted by atomic mass is 19.4. The van der Waals surface area contributed by atoms with E-state index in [0.717, 1.165) is 32.4 Å². The Hall–Kier alpha value is -4.87. The maximum absolute atomic E-state index is 14.5. The highest BCUT2D eigenvalue weighted by Crippen LogP contribution is 2.53. The van der Waals surface area contributed by atoms with Crippen LogP contribution in [0.5, 0.6) is 0 Å². The van der Waals surface area contributed by atoms with E-state index < -0.39 is 23.8 Å². The molecule has 4 aromatic rings. The molecule has 2 N–H and O–H groups in total. The molecule has 0 unspecified atom stereocenters. The second kappa shape index (κ2) is 11.7. The van der Waals surface area contributed by atoms with E-state index in [4.69, 9.17) is 5.26 Å². The van der Waals surface area contributed by atoms with Gasteiger partial charge in [-0.05, 0) is 78.2 Å². The minimum Gasteiger partial charge on any atom is -0.390 e. The van der Waals surface area contributed by atoms with Crippen molar-refractivity contribution in [2.24, 2.45) is 12.5 Å². The van der Waals surface area contributed by atoms with Crippen LogP contribution in [-0.4, -0.2) is 66.4 Å². The molecule has 1 saturated carbocycles. The van der Waals surface area contributed by atoms with Gasteiger partial charge in [-0.25, -0.2) is 4.98 Å². The molecule has 1 spiro atoms. The first-order chi connectivity index (χ1) is 22.5. The summed E-state index contributed by atoms with van der Waals surface area (Å²) in [7, 11) is 1.79. The van der Waals surface area contributed by atoms with Gasteiger partial charge in [-0.2, -0.15) is 18.4 Å². The Balaban J connectivity index is 1.27. The number of aryl methyl sites for hydroxylation is 1. The van der Waals surface area contributed by atoms with Crippen molar-refractivity contribution in [3.05, 3.63) is 71.3 Å². The first-order valence-corrected chi connectivity index (χ1v) is 15.4. The third-order valence-corrected chi connectivity index (χ3v) is 9.31. The van der Waals surface area contributed by atoms with Crippen LogP contribution in [0.4, 0.5) is 24.8 Å². The molecule has 14 heteroatoms. The molecule has 0 radical (unpaired) electrons. The Morgan fingerprint density at radius 3 is 2.68 bits per heavy atom. The number of pyridine rings is 2. The molecule has 1 aromatic carbocycles. The zero-order valence-corrected chi connectivity index (χ0v) is 25.6. The molecule has 3 aliphatic rings. The van der Waals surface area contributed by atoms with Gasteiger partial charge in [0.2, 0.25) is 0 Å². The molecular formula is C33H32F3N9O2. The van der Waals surface area contributed by atoms with Crippen LogP contribution in [0.3, 0.4) is 0 Å². The maximum Gasteiger partial charge on any atom is 0.416 e. The summed E-state index contributed by atoms with van der Waals surface area (Å²) in [5.74, 6) is 0.356. The van der Waals surface area contributed by atoms with Crippen LogP contribution in [-0.2, 0) is 26.3 Å². The molecule has 1 amide bonds. The molecular weight excluding hydrogens is 611 g/mol. The standard InChI is InChI=1S/C33H32F3N9O2/c1-43-19-40-42-30(43)23-3-8-38-15-25(23)21-12-28(39-14-22(46)2-7-37)41-29(13-21)45-17-26-24(31(45)47)10-20(11-27(26)33(34,35)36)16-44-9-6-32(18-44)4-5-32/h3,8,10-13,15,19,22,46H,2,4-6,9,14,16-18H2,1H3,(H,39,41)/t22-/m0/s1. The Morgan fingerprint density at radius 1 is 1.15 bits per heavy atom. The van der Waals surface area contributed by atoms with Gasteiger partial charge in [-0.1, -0.05) is 0 Å². The van der Waals surface area contributed by atoms with E-state index in [9.17, 15) is 23.1 Å². The van der Waals surface area contributed by atoms with E-state index in [2.05, 4.69) is 30.4 Å². The van der Waals surface area contributed by atoms with E-state index in [1.165, 1.54) is 11.0 Å². The zero-order chi connectivity index (χ0) is 32.9. The Kier molecular flexibility index (Phi) is 7.68. The van der Waals surface area contributed by atoms with Crippen LogP contribution in [0.15, 0.2) is 49.1 Å². The topological polar surface area (TPSA) is 136 Å². The normalized spacial score (nSPS) is 17.6. The summed E-state index contributed by atoms with van der Waals surface area (Å²) in [6, 6.07) is 9.78. The molecule has 2 aliphatic heterocycles. The molecule has 1 atom stereocenters. The number of amides is 1. The number of aliphatic hydroxyl groups excluding tert-OH is 1. The van der Waals surface area contributed by atoms with E-state index in [0.29, 0.717) is 40.0 Å². The number of aromatic nitrogens is 5. The number of benzene rings is 1. The molecule has 11 nitrogen and oxygen atoms in total. The van der Waals surface area contributed by atoms with Gasteiger partial charge >= 0.3 is 6.18 Å². The fraction of sp³-hybridized carbons (Fsp3) is 0.394. The average molecular weight is 644 g/mol. The lowest BCUT2D eigenvalue weighted by Crippen LogP contribution is -2.25. The SMILES string of the molecule is Cn1cnnc1-c1ccncc1-c1cc(NC[C@@H](O)CC#N)nc(N2Cc3c(cc(CN4CCC5(CC5)C4)cc3C(F)(F)F)C2=O)c1. The number of carbonyl (C=O) groups excluding carboxylic acids is 1. The second-order valence-corrected chi connectivity index (χ2v) is 12.7. The number of halogens is 3. The highest BCUT2D eigenvalue weighted by molar-refractivity contribution is 6.10. The minimum atomic E-state index is -4.65. The monoisotopic (exact) mass is 643 g/mol. The van der Waals surface area contributed by atoms with Crippen LogP contribution < -0.4 is 10.2 Å². The minimum absolute atomic E-state index is 0.0137. The van der Waals surface area contributed by atoms with Crippen molar-refractivity contribution < 1.29 is 23.1 Å². The van der Waals surface area contributed by atoms with Gasteiger partial charge in [0.15, 0.2) is 5.82 Å². The number of hydrogen-bond acceptors (Lipinski definition) is 9. The molecule has 242 valence electrons. The summed E-state index contributed by atoms with van der Waals surface area (Å²) in [4.78, 5) is 26.3. The summed E-state index contributed by atoms with van der Waals surface area (Å²) in [6.07, 6.45) is 2.41. The van der Waals surface area contributed by atoms with Crippen LogP contribution in [0, 0.1) is 16.7 Å². The number of nitrogens with one attached hydrogen (secondary N) is 1. The summed E-state index contributed by atoms with van der Waals surface area (Å²) in [6.45, 7) is 1.72. The van der Waals surface area contributed by atoms with Crippen molar-refractivity contribution >= 4 is 17.5 Å².